The van der Waals surface area contributed by atoms with Gasteiger partial charge in [-0.2, -0.15) is 0 Å². The second-order valence-corrected chi connectivity index (χ2v) is 4.10. The molecule has 16 heavy (non-hydrogen) atoms. The Morgan fingerprint density at radius 1 is 1.44 bits per heavy atom. The number of nitrogens with one attached hydrogen (secondary N) is 1. The molecule has 0 bridgehead atoms. The van der Waals surface area contributed by atoms with Crippen LogP contribution in [0.25, 0.3) is 0 Å². The van der Waals surface area contributed by atoms with E-state index in [1.807, 2.05) is 0 Å². The average molecular weight is 226 g/mol. The van der Waals surface area contributed by atoms with Gasteiger partial charge in [-0.1, -0.05) is 0 Å². The summed E-state index contributed by atoms with van der Waals surface area (Å²) in [5.74, 6) is -0.857. The number of aromatic nitrogens is 2. The van der Waals surface area contributed by atoms with Gasteiger partial charge in [-0.3, -0.25) is 4.79 Å². The Kier molecular flexibility index (Phi) is 3.04. The normalized spacial score (nSPS) is 34.2. The van der Waals surface area contributed by atoms with Crippen LogP contribution in [-0.4, -0.2) is 44.1 Å². The van der Waals surface area contributed by atoms with Gasteiger partial charge in [0.25, 0.3) is 5.56 Å². The number of aliphatic hydroxyl groups excluding tert-OH is 3. The SMILES string of the molecule is O=c1[nH]cncc1[C@@H]1C[C@H](CO)[C@@H](O)[C@H]1O. The van der Waals surface area contributed by atoms with Crippen LogP contribution in [-0.2, 0) is 0 Å². The summed E-state index contributed by atoms with van der Waals surface area (Å²) in [6, 6.07) is 0. The van der Waals surface area contributed by atoms with Gasteiger partial charge in [-0.15, -0.1) is 0 Å². The lowest BCUT2D eigenvalue weighted by Gasteiger charge is -2.15. The van der Waals surface area contributed by atoms with E-state index in [1.54, 1.807) is 0 Å². The molecule has 0 aliphatic heterocycles. The maximum absolute atomic E-state index is 11.5. The molecule has 2 rings (SSSR count). The number of nitrogens with zero attached hydrogens (tertiary/aromatic N) is 1. The van der Waals surface area contributed by atoms with Gasteiger partial charge in [0.05, 0.1) is 18.5 Å². The molecule has 1 aromatic heterocycles. The molecular formula is C10H14N2O4. The van der Waals surface area contributed by atoms with Crippen molar-refractivity contribution in [2.45, 2.75) is 24.5 Å². The Morgan fingerprint density at radius 3 is 2.75 bits per heavy atom. The lowest BCUT2D eigenvalue weighted by molar-refractivity contribution is 0.00220. The van der Waals surface area contributed by atoms with Crippen molar-refractivity contribution in [3.8, 4) is 0 Å². The van der Waals surface area contributed by atoms with Crippen LogP contribution in [0.3, 0.4) is 0 Å². The molecule has 1 saturated carbocycles. The van der Waals surface area contributed by atoms with Crippen LogP contribution >= 0.6 is 0 Å². The van der Waals surface area contributed by atoms with Crippen molar-refractivity contribution in [2.75, 3.05) is 6.61 Å². The van der Waals surface area contributed by atoms with Gasteiger partial charge in [-0.05, 0) is 6.42 Å². The van der Waals surface area contributed by atoms with Gasteiger partial charge in [-0.25, -0.2) is 4.98 Å². The molecule has 0 saturated heterocycles. The third-order valence-electron chi connectivity index (χ3n) is 3.18. The van der Waals surface area contributed by atoms with Crippen molar-refractivity contribution in [3.63, 3.8) is 0 Å². The minimum Gasteiger partial charge on any atom is -0.396 e. The zero-order valence-electron chi connectivity index (χ0n) is 8.58. The van der Waals surface area contributed by atoms with Gasteiger partial charge < -0.3 is 20.3 Å². The monoisotopic (exact) mass is 226 g/mol. The number of hydrogen-bond donors (Lipinski definition) is 4. The zero-order valence-corrected chi connectivity index (χ0v) is 8.58. The molecule has 88 valence electrons. The maximum Gasteiger partial charge on any atom is 0.254 e. The summed E-state index contributed by atoms with van der Waals surface area (Å²) in [5.41, 5.74) is 0.0369. The highest BCUT2D eigenvalue weighted by molar-refractivity contribution is 5.17. The third kappa shape index (κ3) is 1.75. The minimum atomic E-state index is -1.03. The van der Waals surface area contributed by atoms with Crippen molar-refractivity contribution in [2.24, 2.45) is 5.92 Å². The van der Waals surface area contributed by atoms with Crippen LogP contribution in [0.15, 0.2) is 17.3 Å². The molecule has 1 fully saturated rings. The predicted molar refractivity (Wildman–Crippen MR) is 54.8 cm³/mol. The zero-order chi connectivity index (χ0) is 11.7. The van der Waals surface area contributed by atoms with Gasteiger partial charge >= 0.3 is 0 Å². The highest BCUT2D eigenvalue weighted by Crippen LogP contribution is 2.37. The molecule has 0 amide bonds. The Labute approximate surface area is 91.6 Å². The summed E-state index contributed by atoms with van der Waals surface area (Å²) in [6.45, 7) is -0.201. The number of rotatable bonds is 2. The van der Waals surface area contributed by atoms with Crippen LogP contribution in [0.1, 0.15) is 17.9 Å². The summed E-state index contributed by atoms with van der Waals surface area (Å²) in [4.78, 5) is 17.7. The van der Waals surface area contributed by atoms with Gasteiger partial charge in [0.2, 0.25) is 0 Å². The largest absolute Gasteiger partial charge is 0.396 e. The van der Waals surface area contributed by atoms with Gasteiger partial charge in [0.1, 0.15) is 0 Å². The lowest BCUT2D eigenvalue weighted by atomic mass is 9.97. The van der Waals surface area contributed by atoms with Crippen LogP contribution < -0.4 is 5.56 Å². The van der Waals surface area contributed by atoms with Gasteiger partial charge in [0.15, 0.2) is 0 Å². The molecular weight excluding hydrogens is 212 g/mol. The fourth-order valence-corrected chi connectivity index (χ4v) is 2.23. The maximum atomic E-state index is 11.5. The summed E-state index contributed by atoms with van der Waals surface area (Å²) in [5, 5.41) is 28.4. The van der Waals surface area contributed by atoms with Crippen molar-refractivity contribution in [3.05, 3.63) is 28.4 Å². The van der Waals surface area contributed by atoms with Crippen LogP contribution in [0, 0.1) is 5.92 Å². The first-order chi connectivity index (χ1) is 7.65. The standard InChI is InChI=1S/C10H14N2O4/c13-3-5-1-6(9(15)8(5)14)7-2-11-4-12-10(7)16/h2,4-6,8-9,13-15H,1,3H2,(H,11,12,16)/t5-,6+,8-,9+/m1/s1. The minimum absolute atomic E-state index is 0.201. The van der Waals surface area contributed by atoms with E-state index in [9.17, 15) is 15.0 Å². The predicted octanol–water partition coefficient (Wildman–Crippen LogP) is -1.41. The molecule has 4 atom stereocenters. The summed E-state index contributed by atoms with van der Waals surface area (Å²) in [6.07, 6.45) is 1.02. The molecule has 0 unspecified atom stereocenters. The van der Waals surface area contributed by atoms with Crippen molar-refractivity contribution in [1.29, 1.82) is 0 Å². The van der Waals surface area contributed by atoms with Crippen molar-refractivity contribution >= 4 is 0 Å². The molecule has 6 nitrogen and oxygen atoms in total. The number of aliphatic hydroxyl groups is 3. The lowest BCUT2D eigenvalue weighted by Crippen LogP contribution is -2.30. The van der Waals surface area contributed by atoms with E-state index < -0.39 is 18.1 Å². The Hall–Kier alpha value is -1.24. The summed E-state index contributed by atoms with van der Waals surface area (Å²) < 4.78 is 0. The molecule has 0 aromatic carbocycles. The highest BCUT2D eigenvalue weighted by atomic mass is 16.3. The fourth-order valence-electron chi connectivity index (χ4n) is 2.23. The van der Waals surface area contributed by atoms with E-state index in [0.29, 0.717) is 12.0 Å². The molecule has 1 aromatic rings. The number of hydrogen-bond acceptors (Lipinski definition) is 5. The van der Waals surface area contributed by atoms with Crippen LogP contribution in [0.2, 0.25) is 0 Å². The summed E-state index contributed by atoms with van der Waals surface area (Å²) >= 11 is 0. The average Bonchev–Trinajstić information content (AvgIpc) is 2.57. The van der Waals surface area contributed by atoms with E-state index in [-0.39, 0.29) is 18.1 Å². The second kappa shape index (κ2) is 4.32. The Balaban J connectivity index is 2.30. The molecule has 1 aliphatic rings. The van der Waals surface area contributed by atoms with E-state index in [2.05, 4.69) is 9.97 Å². The topological polar surface area (TPSA) is 106 Å². The molecule has 0 radical (unpaired) electrons. The van der Waals surface area contributed by atoms with Crippen LogP contribution in [0.5, 0.6) is 0 Å². The Morgan fingerprint density at radius 2 is 2.19 bits per heavy atom. The van der Waals surface area contributed by atoms with E-state index in [0.717, 1.165) is 0 Å². The first-order valence-electron chi connectivity index (χ1n) is 5.14. The smallest absolute Gasteiger partial charge is 0.254 e. The van der Waals surface area contributed by atoms with E-state index >= 15 is 0 Å². The summed E-state index contributed by atoms with van der Waals surface area (Å²) in [7, 11) is 0. The Bertz CT molecular complexity index is 419. The molecule has 0 spiro atoms. The third-order valence-corrected chi connectivity index (χ3v) is 3.18. The van der Waals surface area contributed by atoms with Crippen molar-refractivity contribution in [1.82, 2.24) is 9.97 Å². The van der Waals surface area contributed by atoms with E-state index in [1.165, 1.54) is 12.5 Å². The molecule has 4 N–H and O–H groups in total. The molecule has 1 heterocycles. The molecule has 6 heteroatoms. The quantitative estimate of drug-likeness (QED) is 0.495. The number of aromatic amines is 1. The molecule has 1 aliphatic carbocycles. The van der Waals surface area contributed by atoms with Crippen LogP contribution in [0.4, 0.5) is 0 Å². The van der Waals surface area contributed by atoms with E-state index in [4.69, 9.17) is 5.11 Å². The highest BCUT2D eigenvalue weighted by Gasteiger charge is 2.42. The first-order valence-corrected chi connectivity index (χ1v) is 5.14. The fraction of sp³-hybridized carbons (Fsp3) is 0.600. The number of H-pyrrole nitrogens is 1. The van der Waals surface area contributed by atoms with Crippen molar-refractivity contribution < 1.29 is 15.3 Å². The first kappa shape index (κ1) is 11.3. The second-order valence-electron chi connectivity index (χ2n) is 4.10. The van der Waals surface area contributed by atoms with Gasteiger partial charge in [0, 0.05) is 30.2 Å².